The molecule has 1 atom stereocenters. The molecule has 52 valence electrons. The average Bonchev–Trinajstić information content (AvgIpc) is 1.69. The zero-order valence-corrected chi connectivity index (χ0v) is 11.0. The molecule has 0 radical (unpaired) electrons. The molecule has 0 rings (SSSR count). The van der Waals surface area contributed by atoms with Gasteiger partial charge in [0, 0.05) is 0 Å². The van der Waals surface area contributed by atoms with Gasteiger partial charge >= 0.3 is 73.8 Å². The number of nitrogens with two attached hydrogens (primary N) is 1. The van der Waals surface area contributed by atoms with Crippen molar-refractivity contribution in [1.82, 2.24) is 0 Å². The molecular weight excluding hydrogens is 179 g/mol. The van der Waals surface area contributed by atoms with E-state index in [9.17, 15) is 4.79 Å². The van der Waals surface area contributed by atoms with Crippen molar-refractivity contribution in [3.8, 4) is 0 Å². The van der Waals surface area contributed by atoms with Crippen LogP contribution in [-0.2, 0) is 9.36 Å². The summed E-state index contributed by atoms with van der Waals surface area (Å²) in [6, 6.07) is 0. The summed E-state index contributed by atoms with van der Waals surface area (Å²) in [6.45, 7) is -0.278. The molecule has 0 aromatic rings. The summed E-state index contributed by atoms with van der Waals surface area (Å²) in [5, 5.41) is 7.60. The van der Waals surface area contributed by atoms with Crippen LogP contribution in [0.25, 0.3) is 0 Å². The second kappa shape index (κ2) is 22.4. The van der Waals surface area contributed by atoms with Crippen LogP contribution in [0.1, 0.15) is 2.85 Å². The molecule has 0 heterocycles. The molecule has 0 aromatic carbocycles. The average molecular weight is 188 g/mol. The number of carbonyl (C=O) groups is 1. The first-order chi connectivity index (χ1) is 3.68. The van der Waals surface area contributed by atoms with Crippen LogP contribution in [0.2, 0.25) is 0 Å². The fourth-order valence-corrected chi connectivity index (χ4v) is 0. The number of hydrogen-bond donors (Lipinski definition) is 3. The third-order valence-electron chi connectivity index (χ3n) is 0.175. The van der Waals surface area contributed by atoms with Crippen molar-refractivity contribution < 1.29 is 81.3 Å². The molecule has 0 bridgehead atoms. The number of rotatable bonds is 1. The van der Waals surface area contributed by atoms with Crippen molar-refractivity contribution in [2.45, 2.75) is 0 Å². The molecule has 8 heteroatoms. The Morgan fingerprint density at radius 3 is 1.70 bits per heavy atom. The molecule has 10 heavy (non-hydrogen) atoms. The van der Waals surface area contributed by atoms with Crippen LogP contribution in [0.5, 0.6) is 0 Å². The molecule has 1 unspecified atom stereocenters. The maximum Gasteiger partial charge on any atom is 1.00 e. The molecule has 0 saturated carbocycles. The molecule has 0 amide bonds. The van der Waals surface area contributed by atoms with Gasteiger partial charge in [0.2, 0.25) is 0 Å². The number of carboxylic acids is 1. The fourth-order valence-electron chi connectivity index (χ4n) is 0. The van der Waals surface area contributed by atoms with E-state index in [2.05, 4.69) is 5.73 Å². The Morgan fingerprint density at radius 1 is 1.60 bits per heavy atom. The van der Waals surface area contributed by atoms with Gasteiger partial charge in [0.05, 0.1) is 6.54 Å². The molecule has 0 spiro atoms. The minimum atomic E-state index is -1.17. The van der Waals surface area contributed by atoms with Crippen molar-refractivity contribution in [3.05, 3.63) is 0 Å². The molecule has 0 saturated heterocycles. The molecule has 0 fully saturated rings. The Hall–Kier alpha value is 1.49. The monoisotopic (exact) mass is 188 g/mol. The van der Waals surface area contributed by atoms with Gasteiger partial charge in [-0.2, -0.15) is 4.89 Å². The van der Waals surface area contributed by atoms with Crippen molar-refractivity contribution in [3.63, 3.8) is 0 Å². The minimum Gasteiger partial charge on any atom is -1.00 e. The van der Waals surface area contributed by atoms with E-state index in [1.807, 2.05) is 0 Å². The van der Waals surface area contributed by atoms with Crippen LogP contribution < -0.4 is 64.8 Å². The smallest absolute Gasteiger partial charge is 1.00 e. The third-order valence-corrected chi connectivity index (χ3v) is 0.175. The third kappa shape index (κ3) is 56.2. The molecule has 0 aliphatic rings. The van der Waals surface area contributed by atoms with Gasteiger partial charge in [-0.05, 0) is 4.57 Å². The zero-order valence-electron chi connectivity index (χ0n) is 8.00. The minimum absolute atomic E-state index is 0. The van der Waals surface area contributed by atoms with E-state index in [1.165, 1.54) is 0 Å². The van der Waals surface area contributed by atoms with E-state index in [0.29, 0.717) is 0 Å². The Kier molecular flexibility index (Phi) is 50.6. The topological polar surface area (TPSA) is 101 Å². The second-order valence-corrected chi connectivity index (χ2v) is 0.872. The van der Waals surface area contributed by atoms with Crippen molar-refractivity contribution in [2.75, 3.05) is 6.54 Å². The molecule has 0 aromatic heterocycles. The van der Waals surface area contributed by atoms with E-state index in [1.54, 1.807) is 0 Å². The van der Waals surface area contributed by atoms with E-state index >= 15 is 0 Å². The summed E-state index contributed by atoms with van der Waals surface area (Å²) in [6.07, 6.45) is 0. The molecule has 5 nitrogen and oxygen atoms in total. The van der Waals surface area contributed by atoms with Crippen LogP contribution in [0.15, 0.2) is 0 Å². The number of carboxylic acid groups (broad SMARTS) is 1. The second-order valence-electron chi connectivity index (χ2n) is 0.689. The Labute approximate surface area is 107 Å². The first kappa shape index (κ1) is 22.5. The van der Waals surface area contributed by atoms with Gasteiger partial charge in [0.25, 0.3) is 0 Å². The van der Waals surface area contributed by atoms with Crippen molar-refractivity contribution >= 4 is 14.7 Å². The van der Waals surface area contributed by atoms with Gasteiger partial charge in [-0.15, -0.1) is 0 Å². The van der Waals surface area contributed by atoms with Crippen molar-refractivity contribution in [2.24, 2.45) is 5.73 Å². The van der Waals surface area contributed by atoms with E-state index in [0.717, 1.165) is 0 Å². The van der Waals surface area contributed by atoms with Crippen LogP contribution >= 0.6 is 8.69 Å². The largest absolute Gasteiger partial charge is 1.00 e. The maximum absolute atomic E-state index is 9.24. The first-order valence-corrected chi connectivity index (χ1v) is 2.47. The van der Waals surface area contributed by atoms with E-state index in [4.69, 9.17) is 14.6 Å². The summed E-state index contributed by atoms with van der Waals surface area (Å²) in [5.74, 6) is -0.968. The Balaban J connectivity index is -0.0000000119. The Bertz CT molecular complexity index is 89.5. The normalized spacial score (nSPS) is 5.80. The maximum atomic E-state index is 9.24. The molecule has 0 aliphatic carbocycles. The first-order valence-electron chi connectivity index (χ1n) is 1.62. The van der Waals surface area contributed by atoms with Crippen molar-refractivity contribution in [1.29, 1.82) is 0 Å². The van der Waals surface area contributed by atoms with Gasteiger partial charge in [-0.25, -0.2) is 0 Å². The summed E-state index contributed by atoms with van der Waals surface area (Å²) >= 11 is 0. The van der Waals surface area contributed by atoms with Gasteiger partial charge < -0.3 is 13.7 Å². The zero-order chi connectivity index (χ0) is 6.99. The van der Waals surface area contributed by atoms with Crippen LogP contribution in [0.4, 0.5) is 0 Å². The van der Waals surface area contributed by atoms with E-state index < -0.39 is 14.7 Å². The predicted octanol–water partition coefficient (Wildman–Crippen LogP) is -6.82. The summed E-state index contributed by atoms with van der Waals surface area (Å²) < 4.78 is 8.51. The number of hydrogen-bond acceptors (Lipinski definition) is 3. The SMILES string of the molecule is NCC(=O)O.O=[PH+]O.[H-].[H-].[Na+].[Na+]. The Morgan fingerprint density at radius 2 is 1.70 bits per heavy atom. The molecule has 0 aliphatic heterocycles. The van der Waals surface area contributed by atoms with Crippen LogP contribution in [-0.4, -0.2) is 22.5 Å². The van der Waals surface area contributed by atoms with Gasteiger partial charge in [0.1, 0.15) is 0 Å². The summed E-state index contributed by atoms with van der Waals surface area (Å²) in [5.41, 5.74) is 4.57. The predicted molar refractivity (Wildman–Crippen MR) is 30.1 cm³/mol. The van der Waals surface area contributed by atoms with Gasteiger partial charge in [-0.3, -0.25) is 4.79 Å². The molecular formula is C2H9NNa2O4P+. The fraction of sp³-hybridized carbons (Fsp3) is 0.500. The molecule has 4 N–H and O–H groups in total. The summed E-state index contributed by atoms with van der Waals surface area (Å²) in [4.78, 5) is 16.3. The van der Waals surface area contributed by atoms with Gasteiger partial charge in [-0.1, -0.05) is 0 Å². The van der Waals surface area contributed by atoms with E-state index in [-0.39, 0.29) is 68.5 Å². The number of aliphatic carboxylic acids is 1. The standard InChI is InChI=1S/C2H5NO2.2Na.HO2P.2H/c3-1-2(4)5;;;1-3-2;;/h1,3H2,(H,4,5);;;3H;;/q;2*+1;;2*-1/p+1. The van der Waals surface area contributed by atoms with Gasteiger partial charge in [0.15, 0.2) is 0 Å². The quantitative estimate of drug-likeness (QED) is 0.280. The van der Waals surface area contributed by atoms with Crippen LogP contribution in [0, 0.1) is 0 Å². The van der Waals surface area contributed by atoms with Crippen LogP contribution in [0.3, 0.4) is 0 Å². The summed E-state index contributed by atoms with van der Waals surface area (Å²) in [7, 11) is -1.17.